The molecule has 2 fully saturated rings. The number of methoxy groups -OCH3 is 1. The van der Waals surface area contributed by atoms with E-state index in [4.69, 9.17) is 25.7 Å². The van der Waals surface area contributed by atoms with Crippen LogP contribution in [0.5, 0.6) is 17.2 Å². The van der Waals surface area contributed by atoms with Crippen LogP contribution in [0.4, 0.5) is 4.79 Å². The molecule has 4 aliphatic rings. The fourth-order valence-electron chi connectivity index (χ4n) is 8.28. The van der Waals surface area contributed by atoms with E-state index >= 15 is 0 Å². The number of nitrogens with one attached hydrogen (secondary N) is 1. The van der Waals surface area contributed by atoms with E-state index < -0.39 is 30.1 Å². The van der Waals surface area contributed by atoms with Crippen LogP contribution in [0.2, 0.25) is 0 Å². The Hall–Kier alpha value is -4.16. The van der Waals surface area contributed by atoms with E-state index in [1.165, 1.54) is 16.0 Å². The average molecular weight is 621 g/mol. The summed E-state index contributed by atoms with van der Waals surface area (Å²) in [4.78, 5) is 50.1. The molecule has 1 unspecified atom stereocenters. The molecule has 2 bridgehead atoms. The number of benzene rings is 2. The smallest absolute Gasteiger partial charge is 0.415 e. The van der Waals surface area contributed by atoms with Gasteiger partial charge in [-0.25, -0.2) is 4.79 Å². The van der Waals surface area contributed by atoms with Crippen molar-refractivity contribution in [3.8, 4) is 17.2 Å². The van der Waals surface area contributed by atoms with Crippen LogP contribution in [-0.4, -0.2) is 92.1 Å². The highest BCUT2D eigenvalue weighted by molar-refractivity contribution is 5.89. The number of hydrogen-bond donors (Lipinski definition) is 3. The molecule has 45 heavy (non-hydrogen) atoms. The first kappa shape index (κ1) is 30.8. The largest absolute Gasteiger partial charge is 0.493 e. The predicted molar refractivity (Wildman–Crippen MR) is 164 cm³/mol. The number of nitrogens with zero attached hydrogens (tertiary/aromatic N) is 2. The number of hydrogen-bond acceptors (Lipinski definition) is 8. The summed E-state index contributed by atoms with van der Waals surface area (Å²) < 4.78 is 18.5. The second kappa shape index (κ2) is 11.6. The molecule has 1 spiro atoms. The van der Waals surface area contributed by atoms with E-state index in [9.17, 15) is 19.2 Å². The Labute approximate surface area is 262 Å². The minimum atomic E-state index is -1.03. The number of carbonyl (C=O) groups excluding carboxylic acids is 4. The molecular weight excluding hydrogens is 578 g/mol. The topological polar surface area (TPSA) is 163 Å². The van der Waals surface area contributed by atoms with E-state index in [-0.39, 0.29) is 30.7 Å². The summed E-state index contributed by atoms with van der Waals surface area (Å²) in [6, 6.07) is 11.1. The van der Waals surface area contributed by atoms with Crippen molar-refractivity contribution in [1.82, 2.24) is 10.2 Å². The van der Waals surface area contributed by atoms with Gasteiger partial charge in [0, 0.05) is 56.4 Å². The van der Waals surface area contributed by atoms with Crippen LogP contribution in [-0.2, 0) is 32.8 Å². The van der Waals surface area contributed by atoms with Crippen LogP contribution in [0.15, 0.2) is 36.4 Å². The van der Waals surface area contributed by atoms with Crippen molar-refractivity contribution < 1.29 is 37.9 Å². The van der Waals surface area contributed by atoms with Gasteiger partial charge in [-0.05, 0) is 42.3 Å². The molecule has 6 atom stereocenters. The molecular formula is C33H42N5O7+. The Morgan fingerprint density at radius 1 is 1.20 bits per heavy atom. The molecule has 12 heteroatoms. The van der Waals surface area contributed by atoms with E-state index in [0.717, 1.165) is 48.1 Å². The molecule has 2 aliphatic carbocycles. The normalized spacial score (nSPS) is 27.9. The van der Waals surface area contributed by atoms with Crippen molar-refractivity contribution in [2.45, 2.75) is 62.3 Å². The van der Waals surface area contributed by atoms with Crippen molar-refractivity contribution in [1.29, 1.82) is 0 Å². The lowest BCUT2D eigenvalue weighted by Crippen LogP contribution is -2.71. The maximum atomic E-state index is 13.2. The molecule has 0 radical (unpaired) electrons. The molecule has 6 rings (SSSR count). The van der Waals surface area contributed by atoms with Crippen molar-refractivity contribution in [3.05, 3.63) is 53.1 Å². The summed E-state index contributed by atoms with van der Waals surface area (Å²) in [7, 11) is 5.55. The third-order valence-electron chi connectivity index (χ3n) is 10.5. The van der Waals surface area contributed by atoms with Gasteiger partial charge < -0.3 is 40.4 Å². The summed E-state index contributed by atoms with van der Waals surface area (Å²) in [5, 5.41) is 2.59. The Bertz CT molecular complexity index is 1530. The summed E-state index contributed by atoms with van der Waals surface area (Å²) >= 11 is 0. The maximum Gasteiger partial charge on any atom is 0.415 e. The number of likely N-dealkylation sites (N-methyl/N-ethyl adjacent to an activating group) is 2. The number of piperidine rings is 1. The summed E-state index contributed by atoms with van der Waals surface area (Å²) in [6.45, 7) is 2.09. The van der Waals surface area contributed by atoms with Gasteiger partial charge in [-0.15, -0.1) is 0 Å². The molecule has 0 aromatic heterocycles. The lowest BCUT2D eigenvalue weighted by atomic mass is 9.51. The highest BCUT2D eigenvalue weighted by Gasteiger charge is 2.69. The zero-order valence-electron chi connectivity index (χ0n) is 26.0. The number of nitrogens with two attached hydrogens (primary N) is 2. The lowest BCUT2D eigenvalue weighted by Gasteiger charge is -2.60. The molecule has 5 N–H and O–H groups in total. The Balaban J connectivity index is 1.10. The summed E-state index contributed by atoms with van der Waals surface area (Å²) in [5.41, 5.74) is 14.1. The molecule has 240 valence electrons. The molecule has 2 aromatic carbocycles. The third-order valence-corrected chi connectivity index (χ3v) is 10.5. The third kappa shape index (κ3) is 5.29. The molecule has 2 aliphatic heterocycles. The number of amides is 3. The van der Waals surface area contributed by atoms with E-state index in [1.807, 2.05) is 18.2 Å². The lowest BCUT2D eigenvalue weighted by molar-refractivity contribution is -0.957. The standard InChI is InChI=1S/C33H41N5O7/c1-37(14-13-36-31(41)23(34)17-27(35)40)32(42)44-21-7-4-19(5-8-21)18-38(2)15-12-33-22-9-10-25(39)30(33)45-29-26(43-3)11-6-20(28(29)33)16-24(22)38/h4-8,11,22-24,30H,9-10,12-18,34H2,1-3H3,(H2-,35,36,40,41)/p+1/t22-,23-,24?,30-,33-,38+/m0/s1. The van der Waals surface area contributed by atoms with E-state index in [0.29, 0.717) is 29.9 Å². The number of likely N-dealkylation sites (tertiary alicyclic amines) is 1. The first-order chi connectivity index (χ1) is 21.5. The van der Waals surface area contributed by atoms with Gasteiger partial charge in [0.2, 0.25) is 11.8 Å². The number of quaternary nitrogens is 1. The van der Waals surface area contributed by atoms with Gasteiger partial charge in [-0.1, -0.05) is 6.07 Å². The second-order valence-electron chi connectivity index (χ2n) is 13.2. The first-order valence-electron chi connectivity index (χ1n) is 15.5. The maximum absolute atomic E-state index is 13.2. The quantitative estimate of drug-likeness (QED) is 0.336. The zero-order valence-corrected chi connectivity index (χ0v) is 26.0. The van der Waals surface area contributed by atoms with E-state index in [2.05, 4.69) is 18.4 Å². The number of carbonyl (C=O) groups is 4. The average Bonchev–Trinajstić information content (AvgIpc) is 3.36. The minimum Gasteiger partial charge on any atom is -0.493 e. The van der Waals surface area contributed by atoms with Crippen molar-refractivity contribution >= 4 is 23.7 Å². The van der Waals surface area contributed by atoms with Gasteiger partial charge in [0.15, 0.2) is 23.4 Å². The Morgan fingerprint density at radius 3 is 2.67 bits per heavy atom. The highest BCUT2D eigenvalue weighted by atomic mass is 16.6. The molecule has 1 saturated carbocycles. The second-order valence-corrected chi connectivity index (χ2v) is 13.2. The fourth-order valence-corrected chi connectivity index (χ4v) is 8.28. The van der Waals surface area contributed by atoms with E-state index in [1.54, 1.807) is 26.3 Å². The molecule has 3 amide bonds. The summed E-state index contributed by atoms with van der Waals surface area (Å²) in [5.74, 6) is 1.30. The van der Waals surface area contributed by atoms with Crippen molar-refractivity contribution in [2.24, 2.45) is 17.4 Å². The van der Waals surface area contributed by atoms with Crippen LogP contribution in [0.3, 0.4) is 0 Å². The Kier molecular flexibility index (Phi) is 7.98. The zero-order chi connectivity index (χ0) is 32.1. The van der Waals surface area contributed by atoms with Gasteiger partial charge in [-0.3, -0.25) is 14.4 Å². The molecule has 2 aromatic rings. The van der Waals surface area contributed by atoms with Gasteiger partial charge in [0.25, 0.3) is 0 Å². The number of ether oxygens (including phenoxy) is 3. The molecule has 2 heterocycles. The number of rotatable bonds is 10. The van der Waals surface area contributed by atoms with Crippen LogP contribution in [0.1, 0.15) is 42.4 Å². The number of Topliss-reactive ketones (excluding diaryl/α,β-unsaturated/α-hetero) is 1. The minimum absolute atomic E-state index is 0.149. The number of ketones is 1. The predicted octanol–water partition coefficient (Wildman–Crippen LogP) is 1.40. The van der Waals surface area contributed by atoms with Crippen molar-refractivity contribution in [3.63, 3.8) is 0 Å². The highest BCUT2D eigenvalue weighted by Crippen LogP contribution is 2.64. The van der Waals surface area contributed by atoms with Crippen LogP contribution in [0, 0.1) is 5.92 Å². The van der Waals surface area contributed by atoms with Crippen LogP contribution in [0.25, 0.3) is 0 Å². The Morgan fingerprint density at radius 2 is 1.96 bits per heavy atom. The van der Waals surface area contributed by atoms with Crippen LogP contribution < -0.4 is 31.0 Å². The van der Waals surface area contributed by atoms with Gasteiger partial charge in [0.05, 0.1) is 44.6 Å². The van der Waals surface area contributed by atoms with Crippen LogP contribution >= 0.6 is 0 Å². The number of primary amides is 1. The fraction of sp³-hybridized carbons (Fsp3) is 0.515. The van der Waals surface area contributed by atoms with Gasteiger partial charge in [0.1, 0.15) is 12.3 Å². The van der Waals surface area contributed by atoms with Gasteiger partial charge >= 0.3 is 6.09 Å². The SMILES string of the molecule is COc1ccc2c3c1O[C@H]1C(=O)CC[C@H]4C(C2)[N@@+](C)(Cc2ccc(OC(=O)N(C)CCNC(=O)[C@@H](N)CC(N)=O)cc2)CC[C@]314. The first-order valence-corrected chi connectivity index (χ1v) is 15.5. The monoisotopic (exact) mass is 620 g/mol. The van der Waals surface area contributed by atoms with Gasteiger partial charge in [-0.2, -0.15) is 0 Å². The molecule has 12 nitrogen and oxygen atoms in total. The van der Waals surface area contributed by atoms with Crippen molar-refractivity contribution in [2.75, 3.05) is 40.8 Å². The summed E-state index contributed by atoms with van der Waals surface area (Å²) in [6.07, 6.45) is 1.99. The molecule has 1 saturated heterocycles.